The fourth-order valence-corrected chi connectivity index (χ4v) is 2.82. The minimum Gasteiger partial charge on any atom is -0.462 e. The Morgan fingerprint density at radius 1 is 1.12 bits per heavy atom. The molecule has 1 N–H and O–H groups in total. The first-order chi connectivity index (χ1) is 11.6. The maximum Gasteiger partial charge on any atom is 0.340 e. The summed E-state index contributed by atoms with van der Waals surface area (Å²) in [4.78, 5) is 35.5. The van der Waals surface area contributed by atoms with Gasteiger partial charge in [0.1, 0.15) is 0 Å². The highest BCUT2D eigenvalue weighted by Gasteiger charge is 2.20. The van der Waals surface area contributed by atoms with Crippen LogP contribution >= 0.6 is 0 Å². The third-order valence-electron chi connectivity index (χ3n) is 3.99. The molecule has 0 spiro atoms. The van der Waals surface area contributed by atoms with Gasteiger partial charge in [-0.1, -0.05) is 25.0 Å². The summed E-state index contributed by atoms with van der Waals surface area (Å²) in [5, 5.41) is 2.58. The number of para-hydroxylation sites is 1. The van der Waals surface area contributed by atoms with Crippen LogP contribution in [0.15, 0.2) is 24.3 Å². The highest BCUT2D eigenvalue weighted by Crippen LogP contribution is 2.27. The van der Waals surface area contributed by atoms with E-state index in [-0.39, 0.29) is 24.7 Å². The van der Waals surface area contributed by atoms with E-state index in [9.17, 15) is 14.4 Å². The molecule has 6 nitrogen and oxygen atoms in total. The summed E-state index contributed by atoms with van der Waals surface area (Å²) >= 11 is 0. The molecule has 1 aromatic rings. The summed E-state index contributed by atoms with van der Waals surface area (Å²) in [7, 11) is 0. The molecule has 0 radical (unpaired) electrons. The standard InChI is InChI=1S/C18H23NO5/c1-2-23-18(22)14-9-5-6-10-15(14)19-16(20)12-24-17(21)11-13-7-3-4-8-13/h5-6,9-10,13H,2-4,7-8,11-12H2,1H3,(H,19,20). The van der Waals surface area contributed by atoms with Crippen LogP contribution in [0.25, 0.3) is 0 Å². The SMILES string of the molecule is CCOC(=O)c1ccccc1NC(=O)COC(=O)CC1CCCC1. The van der Waals surface area contributed by atoms with Gasteiger partial charge in [0.15, 0.2) is 6.61 Å². The summed E-state index contributed by atoms with van der Waals surface area (Å²) in [5.74, 6) is -0.959. The highest BCUT2D eigenvalue weighted by molar-refractivity contribution is 6.01. The van der Waals surface area contributed by atoms with Crippen molar-refractivity contribution >= 4 is 23.5 Å². The molecule has 1 aromatic carbocycles. The molecule has 2 rings (SSSR count). The number of esters is 2. The van der Waals surface area contributed by atoms with Crippen LogP contribution in [0.4, 0.5) is 5.69 Å². The zero-order valence-electron chi connectivity index (χ0n) is 13.9. The van der Waals surface area contributed by atoms with Gasteiger partial charge in [0.2, 0.25) is 0 Å². The molecule has 1 amide bonds. The van der Waals surface area contributed by atoms with Gasteiger partial charge in [-0.25, -0.2) is 4.79 Å². The molecule has 6 heteroatoms. The molecule has 0 unspecified atom stereocenters. The number of carbonyl (C=O) groups is 3. The smallest absolute Gasteiger partial charge is 0.340 e. The Bertz CT molecular complexity index is 593. The monoisotopic (exact) mass is 333 g/mol. The molecule has 1 fully saturated rings. The molecular weight excluding hydrogens is 310 g/mol. The van der Waals surface area contributed by atoms with Crippen molar-refractivity contribution in [3.8, 4) is 0 Å². The molecule has 0 heterocycles. The lowest BCUT2D eigenvalue weighted by atomic mass is 10.1. The Morgan fingerprint density at radius 3 is 2.54 bits per heavy atom. The summed E-state index contributed by atoms with van der Waals surface area (Å²) in [6, 6.07) is 6.55. The zero-order chi connectivity index (χ0) is 17.4. The Hall–Kier alpha value is -2.37. The average Bonchev–Trinajstić information content (AvgIpc) is 3.06. The molecule has 0 atom stereocenters. The molecule has 1 saturated carbocycles. The van der Waals surface area contributed by atoms with Crippen molar-refractivity contribution in [3.63, 3.8) is 0 Å². The lowest BCUT2D eigenvalue weighted by Crippen LogP contribution is -2.23. The van der Waals surface area contributed by atoms with E-state index in [4.69, 9.17) is 9.47 Å². The summed E-state index contributed by atoms with van der Waals surface area (Å²) in [5.41, 5.74) is 0.609. The van der Waals surface area contributed by atoms with Crippen molar-refractivity contribution in [3.05, 3.63) is 29.8 Å². The first-order valence-electron chi connectivity index (χ1n) is 8.31. The van der Waals surface area contributed by atoms with Gasteiger partial charge in [0.05, 0.1) is 17.9 Å². The van der Waals surface area contributed by atoms with E-state index in [2.05, 4.69) is 5.32 Å². The number of nitrogens with one attached hydrogen (secondary N) is 1. The first kappa shape index (κ1) is 18.0. The number of anilines is 1. The number of amides is 1. The third-order valence-corrected chi connectivity index (χ3v) is 3.99. The molecule has 1 aliphatic rings. The van der Waals surface area contributed by atoms with Crippen molar-refractivity contribution in [2.24, 2.45) is 5.92 Å². The second kappa shape index (κ2) is 9.05. The minimum atomic E-state index is -0.508. The van der Waals surface area contributed by atoms with Crippen LogP contribution in [0.1, 0.15) is 49.4 Å². The van der Waals surface area contributed by atoms with Gasteiger partial charge < -0.3 is 14.8 Å². The molecule has 24 heavy (non-hydrogen) atoms. The van der Waals surface area contributed by atoms with E-state index >= 15 is 0 Å². The normalized spacial score (nSPS) is 14.2. The second-order valence-corrected chi connectivity index (χ2v) is 5.83. The number of hydrogen-bond acceptors (Lipinski definition) is 5. The lowest BCUT2D eigenvalue weighted by Gasteiger charge is -2.11. The maximum absolute atomic E-state index is 11.9. The number of hydrogen-bond donors (Lipinski definition) is 1. The van der Waals surface area contributed by atoms with Crippen molar-refractivity contribution in [2.45, 2.75) is 39.0 Å². The lowest BCUT2D eigenvalue weighted by molar-refractivity contribution is -0.148. The second-order valence-electron chi connectivity index (χ2n) is 5.83. The van der Waals surface area contributed by atoms with E-state index in [0.29, 0.717) is 18.0 Å². The number of benzene rings is 1. The van der Waals surface area contributed by atoms with Gasteiger partial charge in [-0.3, -0.25) is 9.59 Å². The highest BCUT2D eigenvalue weighted by atomic mass is 16.5. The molecular formula is C18H23NO5. The van der Waals surface area contributed by atoms with E-state index in [0.717, 1.165) is 25.7 Å². The van der Waals surface area contributed by atoms with Gasteiger partial charge in [0, 0.05) is 6.42 Å². The van der Waals surface area contributed by atoms with Crippen LogP contribution in [0, 0.1) is 5.92 Å². The summed E-state index contributed by atoms with van der Waals surface area (Å²) in [6.07, 6.45) is 4.78. The fourth-order valence-electron chi connectivity index (χ4n) is 2.82. The first-order valence-corrected chi connectivity index (χ1v) is 8.31. The fraction of sp³-hybridized carbons (Fsp3) is 0.500. The van der Waals surface area contributed by atoms with Gasteiger partial charge in [-0.15, -0.1) is 0 Å². The molecule has 0 bridgehead atoms. The van der Waals surface area contributed by atoms with Crippen molar-refractivity contribution < 1.29 is 23.9 Å². The number of rotatable bonds is 7. The van der Waals surface area contributed by atoms with E-state index < -0.39 is 11.9 Å². The zero-order valence-corrected chi connectivity index (χ0v) is 13.9. The summed E-state index contributed by atoms with van der Waals surface area (Å²) < 4.78 is 9.97. The molecule has 0 aromatic heterocycles. The Balaban J connectivity index is 1.83. The Kier molecular flexibility index (Phi) is 6.78. The van der Waals surface area contributed by atoms with Crippen LogP contribution < -0.4 is 5.32 Å². The van der Waals surface area contributed by atoms with E-state index in [1.54, 1.807) is 31.2 Å². The van der Waals surface area contributed by atoms with Crippen LogP contribution in [-0.4, -0.2) is 31.1 Å². The van der Waals surface area contributed by atoms with Crippen LogP contribution in [0.3, 0.4) is 0 Å². The predicted octanol–water partition coefficient (Wildman–Crippen LogP) is 2.93. The van der Waals surface area contributed by atoms with Gasteiger partial charge in [0.25, 0.3) is 5.91 Å². The molecule has 1 aliphatic carbocycles. The third kappa shape index (κ3) is 5.37. The van der Waals surface area contributed by atoms with Gasteiger partial charge in [-0.2, -0.15) is 0 Å². The summed E-state index contributed by atoms with van der Waals surface area (Å²) in [6.45, 7) is 1.60. The van der Waals surface area contributed by atoms with Gasteiger partial charge >= 0.3 is 11.9 Å². The molecule has 130 valence electrons. The maximum atomic E-state index is 11.9. The van der Waals surface area contributed by atoms with Crippen LogP contribution in [0.5, 0.6) is 0 Å². The Morgan fingerprint density at radius 2 is 1.83 bits per heavy atom. The average molecular weight is 333 g/mol. The van der Waals surface area contributed by atoms with Gasteiger partial charge in [-0.05, 0) is 37.8 Å². The number of ether oxygens (including phenoxy) is 2. The number of carbonyl (C=O) groups excluding carboxylic acids is 3. The predicted molar refractivity (Wildman–Crippen MR) is 88.6 cm³/mol. The largest absolute Gasteiger partial charge is 0.462 e. The van der Waals surface area contributed by atoms with Crippen LogP contribution in [-0.2, 0) is 19.1 Å². The topological polar surface area (TPSA) is 81.7 Å². The van der Waals surface area contributed by atoms with E-state index in [1.165, 1.54) is 0 Å². The van der Waals surface area contributed by atoms with Crippen molar-refractivity contribution in [1.29, 1.82) is 0 Å². The van der Waals surface area contributed by atoms with Crippen molar-refractivity contribution in [2.75, 3.05) is 18.5 Å². The molecule has 0 aliphatic heterocycles. The minimum absolute atomic E-state index is 0.250. The quantitative estimate of drug-likeness (QED) is 0.776. The van der Waals surface area contributed by atoms with Crippen LogP contribution in [0.2, 0.25) is 0 Å². The van der Waals surface area contributed by atoms with E-state index in [1.807, 2.05) is 0 Å². The Labute approximate surface area is 141 Å². The van der Waals surface area contributed by atoms with Crippen molar-refractivity contribution in [1.82, 2.24) is 0 Å². The molecule has 0 saturated heterocycles.